The van der Waals surface area contributed by atoms with Crippen molar-refractivity contribution in [2.75, 3.05) is 6.54 Å². The van der Waals surface area contributed by atoms with Gasteiger partial charge in [0.25, 0.3) is 0 Å². The van der Waals surface area contributed by atoms with Gasteiger partial charge >= 0.3 is 0 Å². The zero-order valence-electron chi connectivity index (χ0n) is 3.40. The van der Waals surface area contributed by atoms with E-state index < -0.39 is 0 Å². The molecule has 0 heterocycles. The Morgan fingerprint density at radius 3 is 2.50 bits per heavy atom. The second-order valence-electron chi connectivity index (χ2n) is 0.804. The van der Waals surface area contributed by atoms with Crippen LogP contribution in [-0.4, -0.2) is 12.5 Å². The molecule has 0 aromatic heterocycles. The first-order valence-corrected chi connectivity index (χ1v) is 1.57. The summed E-state index contributed by atoms with van der Waals surface area (Å²) in [5.74, 6) is -0.241. The lowest BCUT2D eigenvalue weighted by Gasteiger charge is -1.87. The topological polar surface area (TPSA) is 55.1 Å². The number of carbonyl (C=O) groups excluding carboxylic acids is 1. The van der Waals surface area contributed by atoms with Crippen molar-refractivity contribution in [2.45, 2.75) is 0 Å². The molecule has 1 amide bonds. The quantitative estimate of drug-likeness (QED) is 0.424. The summed E-state index contributed by atoms with van der Waals surface area (Å²) in [6.45, 7) is 0.0174. The highest BCUT2D eigenvalue weighted by atomic mass is 16.1. The predicted octanol–water partition coefficient (Wildman–Crippen LogP) is -1.15. The lowest BCUT2D eigenvalue weighted by atomic mass is 10.6. The largest absolute Gasteiger partial charge is 0.353 e. The van der Waals surface area contributed by atoms with Crippen molar-refractivity contribution in [1.29, 1.82) is 0 Å². The Balaban J connectivity index is 2.99. The molecule has 6 heavy (non-hydrogen) atoms. The summed E-state index contributed by atoms with van der Waals surface area (Å²) in [6.07, 6.45) is 0. The fourth-order valence-corrected chi connectivity index (χ4v) is 0.0722. The van der Waals surface area contributed by atoms with E-state index in [1.54, 1.807) is 0 Å². The van der Waals surface area contributed by atoms with Crippen molar-refractivity contribution in [1.82, 2.24) is 5.32 Å². The van der Waals surface area contributed by atoms with Crippen LogP contribution in [-0.2, 0) is 4.79 Å². The number of amides is 1. The maximum Gasteiger partial charge on any atom is 0.233 e. The fraction of sp³-hybridized carbons (Fsp3) is 0.333. The van der Waals surface area contributed by atoms with E-state index in [0.717, 1.165) is 0 Å². The number of hydrogen-bond donors (Lipinski definition) is 2. The maximum atomic E-state index is 9.88. The van der Waals surface area contributed by atoms with Gasteiger partial charge in [0.15, 0.2) is 0 Å². The van der Waals surface area contributed by atoms with Crippen LogP contribution in [0.5, 0.6) is 0 Å². The van der Waals surface area contributed by atoms with Gasteiger partial charge in [0.05, 0.1) is 6.54 Å². The van der Waals surface area contributed by atoms with Gasteiger partial charge in [0, 0.05) is 7.05 Å². The minimum atomic E-state index is -0.241. The van der Waals surface area contributed by atoms with Crippen molar-refractivity contribution in [3.05, 3.63) is 7.05 Å². The molecule has 0 aromatic rings. The minimum absolute atomic E-state index is 0.0174. The van der Waals surface area contributed by atoms with E-state index >= 15 is 0 Å². The summed E-state index contributed by atoms with van der Waals surface area (Å²) in [5, 5.41) is 2.10. The second kappa shape index (κ2) is 2.66. The van der Waals surface area contributed by atoms with Crippen LogP contribution in [0.1, 0.15) is 0 Å². The van der Waals surface area contributed by atoms with Crippen molar-refractivity contribution in [3.8, 4) is 0 Å². The van der Waals surface area contributed by atoms with Crippen LogP contribution in [0, 0.1) is 7.05 Å². The average Bonchev–Trinajstić information content (AvgIpc) is 1.65. The highest BCUT2D eigenvalue weighted by Gasteiger charge is 1.84. The van der Waals surface area contributed by atoms with E-state index in [2.05, 4.69) is 12.4 Å². The molecular formula is C3H7N2O. The third-order valence-electron chi connectivity index (χ3n) is 0.383. The summed E-state index contributed by atoms with van der Waals surface area (Å²) in [7, 11) is 3.08. The van der Waals surface area contributed by atoms with E-state index in [0.29, 0.717) is 0 Å². The summed E-state index contributed by atoms with van der Waals surface area (Å²) in [4.78, 5) is 9.88. The summed E-state index contributed by atoms with van der Waals surface area (Å²) in [6, 6.07) is 0. The molecule has 0 saturated heterocycles. The number of carbonyl (C=O) groups is 1. The molecule has 3 heteroatoms. The molecule has 3 N–H and O–H groups in total. The monoisotopic (exact) mass is 87.1 g/mol. The Morgan fingerprint density at radius 2 is 2.50 bits per heavy atom. The summed E-state index contributed by atoms with van der Waals surface area (Å²) >= 11 is 0. The molecule has 0 spiro atoms. The van der Waals surface area contributed by atoms with Crippen LogP contribution in [0.4, 0.5) is 0 Å². The Kier molecular flexibility index (Phi) is 2.40. The van der Waals surface area contributed by atoms with E-state index in [4.69, 9.17) is 5.73 Å². The Labute approximate surface area is 36.5 Å². The Hall–Kier alpha value is -0.570. The molecule has 0 unspecified atom stereocenters. The molecule has 0 bridgehead atoms. The van der Waals surface area contributed by atoms with Gasteiger partial charge in [-0.1, -0.05) is 0 Å². The molecule has 0 atom stereocenters. The van der Waals surface area contributed by atoms with Gasteiger partial charge < -0.3 is 11.1 Å². The predicted molar refractivity (Wildman–Crippen MR) is 22.6 cm³/mol. The molecule has 0 aliphatic heterocycles. The fourth-order valence-electron chi connectivity index (χ4n) is 0.0722. The van der Waals surface area contributed by atoms with Gasteiger partial charge in [0.2, 0.25) is 5.91 Å². The number of rotatable bonds is 1. The third-order valence-corrected chi connectivity index (χ3v) is 0.383. The Bertz CT molecular complexity index is 46.8. The van der Waals surface area contributed by atoms with Crippen LogP contribution >= 0.6 is 0 Å². The van der Waals surface area contributed by atoms with Crippen LogP contribution in [0.15, 0.2) is 0 Å². The van der Waals surface area contributed by atoms with Crippen molar-refractivity contribution in [2.24, 2.45) is 5.73 Å². The van der Waals surface area contributed by atoms with Gasteiger partial charge in [-0.25, -0.2) is 0 Å². The van der Waals surface area contributed by atoms with E-state index in [1.165, 1.54) is 0 Å². The zero-order valence-corrected chi connectivity index (χ0v) is 3.40. The first-order valence-electron chi connectivity index (χ1n) is 1.57. The first-order chi connectivity index (χ1) is 2.81. The van der Waals surface area contributed by atoms with Crippen LogP contribution in [0.25, 0.3) is 0 Å². The molecule has 0 rings (SSSR count). The van der Waals surface area contributed by atoms with Gasteiger partial charge in [0.1, 0.15) is 0 Å². The van der Waals surface area contributed by atoms with Crippen molar-refractivity contribution in [3.63, 3.8) is 0 Å². The highest BCUT2D eigenvalue weighted by molar-refractivity contribution is 5.77. The van der Waals surface area contributed by atoms with Crippen LogP contribution in [0.2, 0.25) is 0 Å². The third kappa shape index (κ3) is 1.72. The highest BCUT2D eigenvalue weighted by Crippen LogP contribution is 1.48. The van der Waals surface area contributed by atoms with Gasteiger partial charge in [-0.2, -0.15) is 0 Å². The number of nitrogens with two attached hydrogens (primary N) is 1. The molecule has 35 valence electrons. The first kappa shape index (κ1) is 5.43. The van der Waals surface area contributed by atoms with E-state index in [-0.39, 0.29) is 12.5 Å². The van der Waals surface area contributed by atoms with Crippen LogP contribution < -0.4 is 11.1 Å². The normalized spacial score (nSPS) is 7.67. The Morgan fingerprint density at radius 1 is 2.00 bits per heavy atom. The molecule has 0 aromatic carbocycles. The van der Waals surface area contributed by atoms with E-state index in [9.17, 15) is 4.79 Å². The second-order valence-corrected chi connectivity index (χ2v) is 0.804. The van der Waals surface area contributed by atoms with E-state index in [1.807, 2.05) is 0 Å². The molecule has 0 aliphatic carbocycles. The maximum absolute atomic E-state index is 9.88. The van der Waals surface area contributed by atoms with Gasteiger partial charge in [-0.3, -0.25) is 4.79 Å². The molecular weight excluding hydrogens is 80.0 g/mol. The standard InChI is InChI=1S/C3H7N2O/c1-5-3(6)2-4/h1-2,4H2,(H,5,6). The van der Waals surface area contributed by atoms with Crippen LogP contribution in [0.3, 0.4) is 0 Å². The van der Waals surface area contributed by atoms with Crippen molar-refractivity contribution < 1.29 is 4.79 Å². The SMILES string of the molecule is [CH2]NC(=O)CN. The van der Waals surface area contributed by atoms with Crippen molar-refractivity contribution >= 4 is 5.91 Å². The zero-order chi connectivity index (χ0) is 4.99. The number of hydrogen-bond acceptors (Lipinski definition) is 2. The average molecular weight is 87.1 g/mol. The smallest absolute Gasteiger partial charge is 0.233 e. The van der Waals surface area contributed by atoms with Gasteiger partial charge in [-0.05, 0) is 0 Å². The molecule has 1 radical (unpaired) electrons. The summed E-state index contributed by atoms with van der Waals surface area (Å²) < 4.78 is 0. The van der Waals surface area contributed by atoms with Gasteiger partial charge in [-0.15, -0.1) is 0 Å². The lowest BCUT2D eigenvalue weighted by molar-refractivity contribution is -0.118. The molecule has 3 nitrogen and oxygen atoms in total. The lowest BCUT2D eigenvalue weighted by Crippen LogP contribution is -2.24. The molecule has 0 saturated carbocycles. The number of nitrogens with one attached hydrogen (secondary N) is 1. The minimum Gasteiger partial charge on any atom is -0.353 e. The summed E-state index contributed by atoms with van der Waals surface area (Å²) in [5.41, 5.74) is 4.83. The molecule has 0 aliphatic rings. The molecule has 0 fully saturated rings.